The summed E-state index contributed by atoms with van der Waals surface area (Å²) in [6.45, 7) is 1.75. The van der Waals surface area contributed by atoms with Crippen LogP contribution < -0.4 is 9.47 Å². The van der Waals surface area contributed by atoms with E-state index in [9.17, 15) is 19.3 Å². The van der Waals surface area contributed by atoms with Gasteiger partial charge in [-0.15, -0.1) is 0 Å². The number of hydrogen-bond donors (Lipinski definition) is 0. The zero-order valence-corrected chi connectivity index (χ0v) is 19.3. The third-order valence-electron chi connectivity index (χ3n) is 5.12. The van der Waals surface area contributed by atoms with Gasteiger partial charge in [0.1, 0.15) is 12.4 Å². The summed E-state index contributed by atoms with van der Waals surface area (Å²) >= 11 is 6.40. The Bertz CT molecular complexity index is 1390. The van der Waals surface area contributed by atoms with Crippen molar-refractivity contribution >= 4 is 35.2 Å². The molecule has 0 fully saturated rings. The number of cyclic esters (lactones) is 1. The topological polar surface area (TPSA) is 100 Å². The molecule has 1 aliphatic heterocycles. The third-order valence-corrected chi connectivity index (χ3v) is 5.41. The number of rotatable bonds is 7. The van der Waals surface area contributed by atoms with Crippen molar-refractivity contribution in [2.75, 3.05) is 7.11 Å². The lowest BCUT2D eigenvalue weighted by atomic mass is 10.1. The van der Waals surface area contributed by atoms with Gasteiger partial charge < -0.3 is 14.2 Å². The molecule has 0 N–H and O–H groups in total. The molecule has 0 amide bonds. The lowest BCUT2D eigenvalue weighted by Crippen LogP contribution is -2.06. The van der Waals surface area contributed by atoms with E-state index >= 15 is 0 Å². The van der Waals surface area contributed by atoms with E-state index in [1.165, 1.54) is 31.4 Å². The van der Waals surface area contributed by atoms with Gasteiger partial charge in [-0.25, -0.2) is 14.2 Å². The fourth-order valence-corrected chi connectivity index (χ4v) is 3.60. The van der Waals surface area contributed by atoms with Crippen molar-refractivity contribution in [2.45, 2.75) is 13.5 Å². The van der Waals surface area contributed by atoms with Crippen LogP contribution in [0.25, 0.3) is 6.08 Å². The Labute approximate surface area is 204 Å². The van der Waals surface area contributed by atoms with Gasteiger partial charge in [0, 0.05) is 17.2 Å². The maximum Gasteiger partial charge on any atom is 0.363 e. The molecule has 4 rings (SSSR count). The SMILES string of the molecule is COc1cc(/C=C2\N=C(c3ccc(C)c([N+](=O)[O-])c3)OC2=O)cc(Cl)c1OCc1ccc(F)cc1. The lowest BCUT2D eigenvalue weighted by molar-refractivity contribution is -0.385. The Kier molecular flexibility index (Phi) is 6.79. The van der Waals surface area contributed by atoms with Gasteiger partial charge in [-0.05, 0) is 54.5 Å². The molecule has 1 heterocycles. The fourth-order valence-electron chi connectivity index (χ4n) is 3.33. The van der Waals surface area contributed by atoms with Gasteiger partial charge in [0.25, 0.3) is 5.69 Å². The Hall–Kier alpha value is -4.24. The number of methoxy groups -OCH3 is 1. The summed E-state index contributed by atoms with van der Waals surface area (Å²) in [4.78, 5) is 27.3. The molecule has 0 aliphatic carbocycles. The van der Waals surface area contributed by atoms with Crippen molar-refractivity contribution in [3.63, 3.8) is 0 Å². The Balaban J connectivity index is 1.60. The fraction of sp³-hybridized carbons (Fsp3) is 0.120. The van der Waals surface area contributed by atoms with Crippen LogP contribution in [-0.4, -0.2) is 23.9 Å². The number of nitro benzene ring substituents is 1. The van der Waals surface area contributed by atoms with Crippen LogP contribution in [0.5, 0.6) is 11.5 Å². The number of aryl methyl sites for hydroxylation is 1. The summed E-state index contributed by atoms with van der Waals surface area (Å²) < 4.78 is 29.5. The first-order valence-corrected chi connectivity index (χ1v) is 10.7. The van der Waals surface area contributed by atoms with Crippen molar-refractivity contribution in [1.82, 2.24) is 0 Å². The van der Waals surface area contributed by atoms with E-state index < -0.39 is 10.9 Å². The van der Waals surface area contributed by atoms with Crippen LogP contribution in [0.3, 0.4) is 0 Å². The third kappa shape index (κ3) is 5.30. The quantitative estimate of drug-likeness (QED) is 0.182. The van der Waals surface area contributed by atoms with E-state index in [2.05, 4.69) is 4.99 Å². The second kappa shape index (κ2) is 9.94. The minimum absolute atomic E-state index is 0.0127. The Morgan fingerprint density at radius 1 is 1.17 bits per heavy atom. The number of nitro groups is 1. The molecule has 1 aliphatic rings. The Morgan fingerprint density at radius 3 is 2.60 bits per heavy atom. The van der Waals surface area contributed by atoms with E-state index in [0.29, 0.717) is 22.4 Å². The maximum absolute atomic E-state index is 13.1. The number of aliphatic imine (C=N–C) groups is 1. The van der Waals surface area contributed by atoms with Crippen molar-refractivity contribution in [3.05, 3.63) is 104 Å². The molecule has 0 bridgehead atoms. The summed E-state index contributed by atoms with van der Waals surface area (Å²) in [7, 11) is 1.44. The first kappa shape index (κ1) is 23.9. The van der Waals surface area contributed by atoms with Gasteiger partial charge >= 0.3 is 5.97 Å². The molecule has 178 valence electrons. The molecule has 0 unspecified atom stereocenters. The molecular weight excluding hydrogens is 479 g/mol. The number of halogens is 2. The predicted octanol–water partition coefficient (Wildman–Crippen LogP) is 5.63. The van der Waals surface area contributed by atoms with E-state index in [0.717, 1.165) is 5.56 Å². The number of carbonyl (C=O) groups excluding carboxylic acids is 1. The van der Waals surface area contributed by atoms with Gasteiger partial charge in [-0.2, -0.15) is 0 Å². The second-order valence-electron chi connectivity index (χ2n) is 7.54. The van der Waals surface area contributed by atoms with Crippen LogP contribution in [-0.2, 0) is 16.1 Å². The van der Waals surface area contributed by atoms with Crippen LogP contribution in [0, 0.1) is 22.9 Å². The average Bonchev–Trinajstić information content (AvgIpc) is 3.19. The second-order valence-corrected chi connectivity index (χ2v) is 7.95. The molecule has 0 atom stereocenters. The molecular formula is C25H18ClFN2O6. The number of carbonyl (C=O) groups is 1. The number of nitrogens with zero attached hydrogens (tertiary/aromatic N) is 2. The first-order chi connectivity index (χ1) is 16.7. The lowest BCUT2D eigenvalue weighted by Gasteiger charge is -2.13. The number of hydrogen-bond acceptors (Lipinski definition) is 7. The highest BCUT2D eigenvalue weighted by atomic mass is 35.5. The van der Waals surface area contributed by atoms with Gasteiger partial charge in [0.15, 0.2) is 17.2 Å². The van der Waals surface area contributed by atoms with Crippen molar-refractivity contribution in [3.8, 4) is 11.5 Å². The van der Waals surface area contributed by atoms with Crippen molar-refractivity contribution in [1.29, 1.82) is 0 Å². The minimum Gasteiger partial charge on any atom is -0.493 e. The molecule has 3 aromatic carbocycles. The highest BCUT2D eigenvalue weighted by Crippen LogP contribution is 2.38. The van der Waals surface area contributed by atoms with Crippen LogP contribution in [0.4, 0.5) is 10.1 Å². The summed E-state index contributed by atoms with van der Waals surface area (Å²) in [5.74, 6) is -0.503. The summed E-state index contributed by atoms with van der Waals surface area (Å²) in [5, 5.41) is 11.4. The molecule has 0 saturated heterocycles. The van der Waals surface area contributed by atoms with E-state index in [1.54, 1.807) is 43.3 Å². The monoisotopic (exact) mass is 496 g/mol. The minimum atomic E-state index is -0.713. The largest absolute Gasteiger partial charge is 0.493 e. The molecule has 0 aromatic heterocycles. The van der Waals surface area contributed by atoms with E-state index in [1.807, 2.05) is 0 Å². The number of benzene rings is 3. The van der Waals surface area contributed by atoms with Crippen LogP contribution in [0.15, 0.2) is 65.3 Å². The number of ether oxygens (including phenoxy) is 3. The van der Waals surface area contributed by atoms with Gasteiger partial charge in [-0.3, -0.25) is 10.1 Å². The summed E-state index contributed by atoms with van der Waals surface area (Å²) in [6.07, 6.45) is 1.45. The highest BCUT2D eigenvalue weighted by Gasteiger charge is 2.26. The Morgan fingerprint density at radius 2 is 1.91 bits per heavy atom. The van der Waals surface area contributed by atoms with Crippen LogP contribution in [0.1, 0.15) is 22.3 Å². The molecule has 3 aromatic rings. The summed E-state index contributed by atoms with van der Waals surface area (Å²) in [6, 6.07) is 13.5. The normalized spacial score (nSPS) is 14.0. The van der Waals surface area contributed by atoms with E-state index in [-0.39, 0.29) is 40.5 Å². The smallest absolute Gasteiger partial charge is 0.363 e. The zero-order chi connectivity index (χ0) is 25.1. The summed E-state index contributed by atoms with van der Waals surface area (Å²) in [5.41, 5.74) is 1.89. The standard InChI is InChI=1S/C25H18ClFN2O6/c1-14-3-6-17(12-21(14)29(31)32)24-28-20(25(30)35-24)10-16-9-19(26)23(22(11-16)33-2)34-13-15-4-7-18(27)8-5-15/h3-12H,13H2,1-2H3/b20-10-. The molecule has 8 nitrogen and oxygen atoms in total. The van der Waals surface area contributed by atoms with E-state index in [4.69, 9.17) is 25.8 Å². The van der Waals surface area contributed by atoms with Gasteiger partial charge in [0.05, 0.1) is 17.1 Å². The van der Waals surface area contributed by atoms with Crippen LogP contribution >= 0.6 is 11.6 Å². The molecule has 10 heteroatoms. The number of esters is 1. The van der Waals surface area contributed by atoms with Crippen molar-refractivity contribution in [2.24, 2.45) is 4.99 Å². The molecule has 0 spiro atoms. The van der Waals surface area contributed by atoms with Crippen molar-refractivity contribution < 1.29 is 28.3 Å². The molecule has 35 heavy (non-hydrogen) atoms. The molecule has 0 saturated carbocycles. The van der Waals surface area contributed by atoms with Gasteiger partial charge in [-0.1, -0.05) is 29.8 Å². The average molecular weight is 497 g/mol. The highest BCUT2D eigenvalue weighted by molar-refractivity contribution is 6.32. The predicted molar refractivity (Wildman–Crippen MR) is 127 cm³/mol. The first-order valence-electron chi connectivity index (χ1n) is 10.3. The van der Waals surface area contributed by atoms with Crippen LogP contribution in [0.2, 0.25) is 5.02 Å². The molecule has 0 radical (unpaired) electrons. The maximum atomic E-state index is 13.1. The zero-order valence-electron chi connectivity index (χ0n) is 18.6. The van der Waals surface area contributed by atoms with Gasteiger partial charge in [0.2, 0.25) is 5.90 Å².